The van der Waals surface area contributed by atoms with E-state index >= 15 is 0 Å². The standard InChI is InChI=1S/C11H18N2S/c1-8(5-10-3-4-10)12-7-11-13-6-9(2)14-11/h6,8,10,12H,3-5,7H2,1-2H3. The monoisotopic (exact) mass is 210 g/mol. The average molecular weight is 210 g/mol. The Bertz CT molecular complexity index is 291. The summed E-state index contributed by atoms with van der Waals surface area (Å²) in [5, 5.41) is 4.74. The van der Waals surface area contributed by atoms with E-state index in [1.165, 1.54) is 29.1 Å². The van der Waals surface area contributed by atoms with E-state index in [-0.39, 0.29) is 0 Å². The summed E-state index contributed by atoms with van der Waals surface area (Å²) in [6.45, 7) is 5.32. The topological polar surface area (TPSA) is 24.9 Å². The van der Waals surface area contributed by atoms with Crippen molar-refractivity contribution in [2.24, 2.45) is 5.92 Å². The van der Waals surface area contributed by atoms with Crippen LogP contribution in [0.3, 0.4) is 0 Å². The highest BCUT2D eigenvalue weighted by Gasteiger charge is 2.23. The smallest absolute Gasteiger partial charge is 0.107 e. The highest BCUT2D eigenvalue weighted by molar-refractivity contribution is 7.11. The zero-order chi connectivity index (χ0) is 9.97. The Kier molecular flexibility index (Phi) is 3.19. The Morgan fingerprint density at radius 2 is 2.43 bits per heavy atom. The van der Waals surface area contributed by atoms with E-state index in [0.717, 1.165) is 12.5 Å². The van der Waals surface area contributed by atoms with Crippen LogP contribution in [-0.2, 0) is 6.54 Å². The molecule has 1 N–H and O–H groups in total. The number of hydrogen-bond donors (Lipinski definition) is 1. The fourth-order valence-corrected chi connectivity index (χ4v) is 2.42. The number of nitrogens with one attached hydrogen (secondary N) is 1. The van der Waals surface area contributed by atoms with E-state index in [9.17, 15) is 0 Å². The molecule has 1 aliphatic rings. The van der Waals surface area contributed by atoms with Crippen LogP contribution in [0.5, 0.6) is 0 Å². The van der Waals surface area contributed by atoms with Gasteiger partial charge in [-0.15, -0.1) is 11.3 Å². The summed E-state index contributed by atoms with van der Waals surface area (Å²) < 4.78 is 0. The van der Waals surface area contributed by atoms with Crippen LogP contribution in [-0.4, -0.2) is 11.0 Å². The molecule has 0 spiro atoms. The number of thiazole rings is 1. The molecule has 1 heterocycles. The first-order valence-electron chi connectivity index (χ1n) is 5.38. The van der Waals surface area contributed by atoms with Crippen molar-refractivity contribution in [3.8, 4) is 0 Å². The molecule has 1 aromatic heterocycles. The van der Waals surface area contributed by atoms with Crippen molar-refractivity contribution in [2.75, 3.05) is 0 Å². The van der Waals surface area contributed by atoms with Crippen molar-refractivity contribution >= 4 is 11.3 Å². The SMILES string of the molecule is Cc1cnc(CNC(C)CC2CC2)s1. The van der Waals surface area contributed by atoms with E-state index in [0.29, 0.717) is 6.04 Å². The maximum Gasteiger partial charge on any atom is 0.107 e. The molecule has 0 bridgehead atoms. The van der Waals surface area contributed by atoms with Crippen molar-refractivity contribution in [1.82, 2.24) is 10.3 Å². The summed E-state index contributed by atoms with van der Waals surface area (Å²) in [6.07, 6.45) is 6.18. The lowest BCUT2D eigenvalue weighted by molar-refractivity contribution is 0.487. The number of hydrogen-bond acceptors (Lipinski definition) is 3. The summed E-state index contributed by atoms with van der Waals surface area (Å²) in [4.78, 5) is 5.64. The van der Waals surface area contributed by atoms with Crippen LogP contribution in [0.2, 0.25) is 0 Å². The Morgan fingerprint density at radius 1 is 1.64 bits per heavy atom. The highest BCUT2D eigenvalue weighted by Crippen LogP contribution is 2.33. The first kappa shape index (κ1) is 10.1. The zero-order valence-electron chi connectivity index (χ0n) is 8.92. The predicted molar refractivity (Wildman–Crippen MR) is 60.5 cm³/mol. The number of aromatic nitrogens is 1. The molecule has 0 saturated heterocycles. The van der Waals surface area contributed by atoms with Crippen molar-refractivity contribution in [1.29, 1.82) is 0 Å². The summed E-state index contributed by atoms with van der Waals surface area (Å²) in [5.41, 5.74) is 0. The van der Waals surface area contributed by atoms with Crippen LogP contribution in [0.25, 0.3) is 0 Å². The van der Waals surface area contributed by atoms with Crippen molar-refractivity contribution in [3.63, 3.8) is 0 Å². The lowest BCUT2D eigenvalue weighted by atomic mass is 10.2. The molecule has 1 aliphatic carbocycles. The molecule has 0 aliphatic heterocycles. The Morgan fingerprint density at radius 3 is 3.00 bits per heavy atom. The van der Waals surface area contributed by atoms with Gasteiger partial charge in [-0.2, -0.15) is 0 Å². The van der Waals surface area contributed by atoms with Crippen LogP contribution in [0.4, 0.5) is 0 Å². The van der Waals surface area contributed by atoms with Crippen molar-refractivity contribution in [2.45, 2.75) is 45.7 Å². The molecule has 0 amide bonds. The fourth-order valence-electron chi connectivity index (χ4n) is 1.68. The summed E-state index contributed by atoms with van der Waals surface area (Å²) in [7, 11) is 0. The third-order valence-electron chi connectivity index (χ3n) is 2.65. The Hall–Kier alpha value is -0.410. The molecule has 1 fully saturated rings. The molecule has 3 heteroatoms. The number of nitrogens with zero attached hydrogens (tertiary/aromatic N) is 1. The van der Waals surface area contributed by atoms with Gasteiger partial charge < -0.3 is 5.32 Å². The third kappa shape index (κ3) is 3.07. The van der Waals surface area contributed by atoms with Gasteiger partial charge in [0.15, 0.2) is 0 Å². The molecule has 1 saturated carbocycles. The second-order valence-electron chi connectivity index (χ2n) is 4.33. The van der Waals surface area contributed by atoms with Gasteiger partial charge >= 0.3 is 0 Å². The minimum Gasteiger partial charge on any atom is -0.308 e. The molecule has 2 nitrogen and oxygen atoms in total. The van der Waals surface area contributed by atoms with E-state index in [2.05, 4.69) is 24.1 Å². The fraction of sp³-hybridized carbons (Fsp3) is 0.727. The normalized spacial score (nSPS) is 18.4. The first-order chi connectivity index (χ1) is 6.74. The van der Waals surface area contributed by atoms with Crippen LogP contribution in [0, 0.1) is 12.8 Å². The molecule has 1 unspecified atom stereocenters. The van der Waals surface area contributed by atoms with Crippen LogP contribution < -0.4 is 5.32 Å². The molecule has 78 valence electrons. The number of rotatable bonds is 5. The molecule has 0 radical (unpaired) electrons. The lowest BCUT2D eigenvalue weighted by Crippen LogP contribution is -2.25. The Balaban J connectivity index is 1.70. The summed E-state index contributed by atoms with van der Waals surface area (Å²) in [5.74, 6) is 1.01. The quantitative estimate of drug-likeness (QED) is 0.808. The van der Waals surface area contributed by atoms with Gasteiger partial charge in [-0.1, -0.05) is 12.8 Å². The predicted octanol–water partition coefficient (Wildman–Crippen LogP) is 2.73. The van der Waals surface area contributed by atoms with Crippen molar-refractivity contribution < 1.29 is 0 Å². The third-order valence-corrected chi connectivity index (χ3v) is 3.57. The minimum atomic E-state index is 0.645. The van der Waals surface area contributed by atoms with E-state index in [4.69, 9.17) is 0 Å². The second kappa shape index (κ2) is 4.41. The zero-order valence-corrected chi connectivity index (χ0v) is 9.73. The van der Waals surface area contributed by atoms with Crippen LogP contribution >= 0.6 is 11.3 Å². The van der Waals surface area contributed by atoms with Crippen LogP contribution in [0.15, 0.2) is 6.20 Å². The molecular weight excluding hydrogens is 192 g/mol. The van der Waals surface area contributed by atoms with Gasteiger partial charge in [-0.05, 0) is 26.2 Å². The first-order valence-corrected chi connectivity index (χ1v) is 6.20. The van der Waals surface area contributed by atoms with Gasteiger partial charge in [0.1, 0.15) is 5.01 Å². The average Bonchev–Trinajstić information content (AvgIpc) is 2.85. The number of aryl methyl sites for hydroxylation is 1. The summed E-state index contributed by atoms with van der Waals surface area (Å²) in [6, 6.07) is 0.645. The molecule has 2 rings (SSSR count). The molecule has 1 aromatic rings. The molecule has 1 atom stereocenters. The maximum absolute atomic E-state index is 4.34. The van der Waals surface area contributed by atoms with Gasteiger partial charge in [0.05, 0.1) is 0 Å². The van der Waals surface area contributed by atoms with E-state index in [1.807, 2.05) is 6.20 Å². The van der Waals surface area contributed by atoms with Gasteiger partial charge in [0, 0.05) is 23.7 Å². The maximum atomic E-state index is 4.34. The molecule has 14 heavy (non-hydrogen) atoms. The van der Waals surface area contributed by atoms with E-state index in [1.54, 1.807) is 11.3 Å². The van der Waals surface area contributed by atoms with Crippen molar-refractivity contribution in [3.05, 3.63) is 16.1 Å². The Labute approximate surface area is 89.8 Å². The minimum absolute atomic E-state index is 0.645. The van der Waals surface area contributed by atoms with Gasteiger partial charge in [0.2, 0.25) is 0 Å². The second-order valence-corrected chi connectivity index (χ2v) is 5.65. The van der Waals surface area contributed by atoms with E-state index < -0.39 is 0 Å². The van der Waals surface area contributed by atoms with Gasteiger partial charge in [0.25, 0.3) is 0 Å². The lowest BCUT2D eigenvalue weighted by Gasteiger charge is -2.11. The van der Waals surface area contributed by atoms with Crippen LogP contribution in [0.1, 0.15) is 36.1 Å². The summed E-state index contributed by atoms with van der Waals surface area (Å²) >= 11 is 1.79. The molecule has 0 aromatic carbocycles. The van der Waals surface area contributed by atoms with Gasteiger partial charge in [-0.25, -0.2) is 4.98 Å². The molecular formula is C11H18N2S. The van der Waals surface area contributed by atoms with Gasteiger partial charge in [-0.3, -0.25) is 0 Å². The largest absolute Gasteiger partial charge is 0.308 e. The highest BCUT2D eigenvalue weighted by atomic mass is 32.1.